The average Bonchev–Trinajstić information content (AvgIpc) is 2.43. The molecule has 1 atom stereocenters. The van der Waals surface area contributed by atoms with Crippen molar-refractivity contribution in [3.05, 3.63) is 29.8 Å². The third kappa shape index (κ3) is 3.81. The number of aliphatic carboxylic acids is 1. The average molecular weight is 290 g/mol. The summed E-state index contributed by atoms with van der Waals surface area (Å²) in [6.45, 7) is 0.563. The van der Waals surface area contributed by atoms with Gasteiger partial charge in [-0.3, -0.25) is 14.4 Å². The van der Waals surface area contributed by atoms with Crippen LogP contribution in [-0.4, -0.2) is 41.4 Å². The van der Waals surface area contributed by atoms with Crippen molar-refractivity contribution in [2.75, 3.05) is 18.9 Å². The van der Waals surface area contributed by atoms with E-state index < -0.39 is 5.97 Å². The van der Waals surface area contributed by atoms with Crippen LogP contribution < -0.4 is 5.32 Å². The highest BCUT2D eigenvalue weighted by Crippen LogP contribution is 2.21. The lowest BCUT2D eigenvalue weighted by Crippen LogP contribution is -2.40. The summed E-state index contributed by atoms with van der Waals surface area (Å²) in [5.74, 6) is -1.58. The van der Waals surface area contributed by atoms with Gasteiger partial charge in [-0.15, -0.1) is 0 Å². The summed E-state index contributed by atoms with van der Waals surface area (Å²) in [6, 6.07) is 6.81. The fourth-order valence-corrected chi connectivity index (χ4v) is 2.36. The van der Waals surface area contributed by atoms with Crippen molar-refractivity contribution in [1.29, 1.82) is 0 Å². The summed E-state index contributed by atoms with van der Waals surface area (Å²) in [4.78, 5) is 36.3. The van der Waals surface area contributed by atoms with Crippen LogP contribution in [0.15, 0.2) is 24.3 Å². The predicted molar refractivity (Wildman–Crippen MR) is 76.8 cm³/mol. The molecule has 1 saturated heterocycles. The predicted octanol–water partition coefficient (Wildman–Crippen LogP) is 1.12. The summed E-state index contributed by atoms with van der Waals surface area (Å²) >= 11 is 0. The molecule has 1 fully saturated rings. The van der Waals surface area contributed by atoms with Gasteiger partial charge in [-0.2, -0.15) is 0 Å². The van der Waals surface area contributed by atoms with Crippen LogP contribution in [0.4, 0.5) is 5.69 Å². The number of likely N-dealkylation sites (tertiary alicyclic amines) is 1. The Morgan fingerprint density at radius 2 is 2.10 bits per heavy atom. The molecule has 21 heavy (non-hydrogen) atoms. The first-order valence-corrected chi connectivity index (χ1v) is 6.82. The van der Waals surface area contributed by atoms with Crippen LogP contribution in [0, 0.1) is 5.92 Å². The molecule has 6 heteroatoms. The third-order valence-corrected chi connectivity index (χ3v) is 3.65. The number of hydrogen-bond donors (Lipinski definition) is 2. The molecule has 1 heterocycles. The van der Waals surface area contributed by atoms with Crippen molar-refractivity contribution in [3.63, 3.8) is 0 Å². The Labute approximate surface area is 122 Å². The van der Waals surface area contributed by atoms with Crippen LogP contribution in [0.3, 0.4) is 0 Å². The molecule has 1 aromatic carbocycles. The second-order valence-corrected chi connectivity index (χ2v) is 5.22. The monoisotopic (exact) mass is 290 g/mol. The maximum absolute atomic E-state index is 12.2. The molecule has 0 saturated carbocycles. The Balaban J connectivity index is 2.06. The van der Waals surface area contributed by atoms with Crippen LogP contribution >= 0.6 is 0 Å². The maximum Gasteiger partial charge on any atom is 0.307 e. The normalized spacial score (nSPS) is 18.4. The third-order valence-electron chi connectivity index (χ3n) is 3.65. The van der Waals surface area contributed by atoms with Crippen molar-refractivity contribution in [1.82, 2.24) is 4.90 Å². The van der Waals surface area contributed by atoms with Gasteiger partial charge >= 0.3 is 5.97 Å². The van der Waals surface area contributed by atoms with Gasteiger partial charge in [0.15, 0.2) is 0 Å². The van der Waals surface area contributed by atoms with Gasteiger partial charge in [0, 0.05) is 31.6 Å². The van der Waals surface area contributed by atoms with Gasteiger partial charge in [-0.05, 0) is 18.1 Å². The Morgan fingerprint density at radius 1 is 1.38 bits per heavy atom. The number of amides is 2. The van der Waals surface area contributed by atoms with Gasteiger partial charge in [0.1, 0.15) is 0 Å². The van der Waals surface area contributed by atoms with Gasteiger partial charge in [-0.25, -0.2) is 0 Å². The lowest BCUT2D eigenvalue weighted by atomic mass is 9.95. The van der Waals surface area contributed by atoms with Gasteiger partial charge in [0.05, 0.1) is 6.42 Å². The van der Waals surface area contributed by atoms with Crippen molar-refractivity contribution < 1.29 is 19.5 Å². The second kappa shape index (κ2) is 6.39. The van der Waals surface area contributed by atoms with E-state index in [0.29, 0.717) is 24.2 Å². The van der Waals surface area contributed by atoms with E-state index in [0.717, 1.165) is 0 Å². The Bertz CT molecular complexity index is 571. The van der Waals surface area contributed by atoms with Gasteiger partial charge < -0.3 is 15.3 Å². The Hall–Kier alpha value is -2.37. The zero-order chi connectivity index (χ0) is 15.4. The maximum atomic E-state index is 12.2. The molecule has 1 aliphatic heterocycles. The topological polar surface area (TPSA) is 86.7 Å². The number of piperidine rings is 1. The molecule has 0 aliphatic carbocycles. The molecular weight excluding hydrogens is 272 g/mol. The van der Waals surface area contributed by atoms with Crippen LogP contribution in [0.1, 0.15) is 18.4 Å². The highest BCUT2D eigenvalue weighted by atomic mass is 16.4. The zero-order valence-electron chi connectivity index (χ0n) is 11.8. The van der Waals surface area contributed by atoms with Crippen molar-refractivity contribution in [2.24, 2.45) is 5.92 Å². The van der Waals surface area contributed by atoms with E-state index in [1.807, 2.05) is 0 Å². The first kappa shape index (κ1) is 15.0. The van der Waals surface area contributed by atoms with Crippen molar-refractivity contribution in [3.8, 4) is 0 Å². The minimum Gasteiger partial charge on any atom is -0.481 e. The summed E-state index contributed by atoms with van der Waals surface area (Å²) in [5.41, 5.74) is 1.05. The fourth-order valence-electron chi connectivity index (χ4n) is 2.36. The molecule has 1 aliphatic rings. The first-order chi connectivity index (χ1) is 9.97. The van der Waals surface area contributed by atoms with Gasteiger partial charge in [0.25, 0.3) is 0 Å². The zero-order valence-corrected chi connectivity index (χ0v) is 11.8. The molecule has 6 nitrogen and oxygen atoms in total. The molecule has 2 N–H and O–H groups in total. The molecule has 0 spiro atoms. The van der Waals surface area contributed by atoms with Crippen LogP contribution in [0.25, 0.3) is 0 Å². The number of carboxylic acid groups (broad SMARTS) is 1. The molecule has 1 aromatic rings. The van der Waals surface area contributed by atoms with E-state index in [-0.39, 0.29) is 30.6 Å². The molecule has 2 rings (SSSR count). The van der Waals surface area contributed by atoms with Crippen LogP contribution in [-0.2, 0) is 20.8 Å². The standard InChI is InChI=1S/C15H18N2O4/c1-17-7-6-11(8-13(17)18)15(21)16-12-5-3-2-4-10(12)9-14(19)20/h2-5,11H,6-9H2,1H3,(H,16,21)(H,19,20)/t11-/m1/s1. The van der Waals surface area contributed by atoms with Gasteiger partial charge in [-0.1, -0.05) is 18.2 Å². The summed E-state index contributed by atoms with van der Waals surface area (Å²) in [6.07, 6.45) is 0.668. The van der Waals surface area contributed by atoms with E-state index in [1.165, 1.54) is 0 Å². The van der Waals surface area contributed by atoms with E-state index in [9.17, 15) is 14.4 Å². The van der Waals surface area contributed by atoms with Gasteiger partial charge in [0.2, 0.25) is 11.8 Å². The number of nitrogens with one attached hydrogen (secondary N) is 1. The summed E-state index contributed by atoms with van der Waals surface area (Å²) in [5, 5.41) is 11.6. The number of anilines is 1. The van der Waals surface area contributed by atoms with E-state index in [2.05, 4.69) is 5.32 Å². The number of nitrogens with zero attached hydrogens (tertiary/aromatic N) is 1. The van der Waals surface area contributed by atoms with Crippen LogP contribution in [0.2, 0.25) is 0 Å². The summed E-state index contributed by atoms with van der Waals surface area (Å²) in [7, 11) is 1.72. The van der Waals surface area contributed by atoms with Crippen molar-refractivity contribution in [2.45, 2.75) is 19.3 Å². The Morgan fingerprint density at radius 3 is 2.76 bits per heavy atom. The highest BCUT2D eigenvalue weighted by molar-refractivity contribution is 5.96. The van der Waals surface area contributed by atoms with E-state index in [4.69, 9.17) is 5.11 Å². The molecule has 2 amide bonds. The summed E-state index contributed by atoms with van der Waals surface area (Å²) < 4.78 is 0. The number of hydrogen-bond acceptors (Lipinski definition) is 3. The number of carboxylic acids is 1. The number of carbonyl (C=O) groups excluding carboxylic acids is 2. The minimum atomic E-state index is -0.953. The molecule has 0 unspecified atom stereocenters. The SMILES string of the molecule is CN1CC[C@@H](C(=O)Nc2ccccc2CC(=O)O)CC1=O. The fraction of sp³-hybridized carbons (Fsp3) is 0.400. The number of rotatable bonds is 4. The second-order valence-electron chi connectivity index (χ2n) is 5.22. The van der Waals surface area contributed by atoms with E-state index in [1.54, 1.807) is 36.2 Å². The molecule has 0 radical (unpaired) electrons. The highest BCUT2D eigenvalue weighted by Gasteiger charge is 2.28. The largest absolute Gasteiger partial charge is 0.481 e. The number of carbonyl (C=O) groups is 3. The van der Waals surface area contributed by atoms with Crippen molar-refractivity contribution >= 4 is 23.5 Å². The number of benzene rings is 1. The quantitative estimate of drug-likeness (QED) is 0.870. The molecule has 0 bridgehead atoms. The Kier molecular flexibility index (Phi) is 4.57. The first-order valence-electron chi connectivity index (χ1n) is 6.82. The van der Waals surface area contributed by atoms with E-state index >= 15 is 0 Å². The lowest BCUT2D eigenvalue weighted by Gasteiger charge is -2.28. The molecular formula is C15H18N2O4. The number of para-hydroxylation sites is 1. The smallest absolute Gasteiger partial charge is 0.307 e. The van der Waals surface area contributed by atoms with Crippen LogP contribution in [0.5, 0.6) is 0 Å². The molecule has 112 valence electrons. The lowest BCUT2D eigenvalue weighted by molar-refractivity contribution is -0.137. The molecule has 0 aromatic heterocycles. The minimum absolute atomic E-state index is 0.0415.